The SMILES string of the molecule is CCNC(=NCC1(c2cccc(F)c2)CC1)NC1CCN(c2cccs2)CC1.I. The molecule has 7 heteroatoms. The molecule has 0 spiro atoms. The summed E-state index contributed by atoms with van der Waals surface area (Å²) in [6, 6.07) is 11.8. The number of thiophene rings is 1. The third kappa shape index (κ3) is 5.63. The van der Waals surface area contributed by atoms with Crippen molar-refractivity contribution in [1.82, 2.24) is 10.6 Å². The molecule has 1 aliphatic heterocycles. The molecule has 1 aromatic heterocycles. The Balaban J connectivity index is 0.00000240. The van der Waals surface area contributed by atoms with E-state index in [2.05, 4.69) is 40.0 Å². The quantitative estimate of drug-likeness (QED) is 0.323. The smallest absolute Gasteiger partial charge is 0.191 e. The van der Waals surface area contributed by atoms with E-state index in [4.69, 9.17) is 4.99 Å². The van der Waals surface area contributed by atoms with Gasteiger partial charge in [-0.3, -0.25) is 4.99 Å². The van der Waals surface area contributed by atoms with Gasteiger partial charge in [0.25, 0.3) is 0 Å². The van der Waals surface area contributed by atoms with Crippen LogP contribution in [0.1, 0.15) is 38.2 Å². The fourth-order valence-electron chi connectivity index (χ4n) is 3.95. The van der Waals surface area contributed by atoms with E-state index in [1.165, 1.54) is 11.1 Å². The van der Waals surface area contributed by atoms with Crippen molar-refractivity contribution in [2.24, 2.45) is 4.99 Å². The number of aliphatic imine (C=N–C) groups is 1. The molecule has 0 amide bonds. The highest BCUT2D eigenvalue weighted by atomic mass is 127. The number of hydrogen-bond acceptors (Lipinski definition) is 3. The molecule has 2 aromatic rings. The van der Waals surface area contributed by atoms with E-state index in [1.807, 2.05) is 17.4 Å². The van der Waals surface area contributed by atoms with Crippen LogP contribution >= 0.6 is 35.3 Å². The van der Waals surface area contributed by atoms with Gasteiger partial charge in [0.15, 0.2) is 5.96 Å². The van der Waals surface area contributed by atoms with Crippen LogP contribution in [0.2, 0.25) is 0 Å². The summed E-state index contributed by atoms with van der Waals surface area (Å²) in [6.45, 7) is 5.79. The molecule has 4 nitrogen and oxygen atoms in total. The van der Waals surface area contributed by atoms with Crippen LogP contribution < -0.4 is 15.5 Å². The number of nitrogens with zero attached hydrogens (tertiary/aromatic N) is 2. The highest BCUT2D eigenvalue weighted by Crippen LogP contribution is 2.48. The maximum atomic E-state index is 13.6. The molecular weight excluding hydrogens is 498 g/mol. The van der Waals surface area contributed by atoms with Gasteiger partial charge < -0.3 is 15.5 Å². The molecule has 2 fully saturated rings. The third-order valence-corrected chi connectivity index (χ3v) is 6.76. The molecule has 2 aliphatic rings. The summed E-state index contributed by atoms with van der Waals surface area (Å²) in [7, 11) is 0. The lowest BCUT2D eigenvalue weighted by Gasteiger charge is -2.33. The first-order valence-corrected chi connectivity index (χ1v) is 11.2. The lowest BCUT2D eigenvalue weighted by Crippen LogP contribution is -2.48. The predicted molar refractivity (Wildman–Crippen MR) is 131 cm³/mol. The highest BCUT2D eigenvalue weighted by molar-refractivity contribution is 14.0. The molecule has 0 unspecified atom stereocenters. The van der Waals surface area contributed by atoms with Crippen LogP contribution in [0.25, 0.3) is 0 Å². The molecular formula is C22H30FIN4S. The average molecular weight is 528 g/mol. The number of piperidine rings is 1. The Kier molecular flexibility index (Phi) is 7.79. The minimum atomic E-state index is -0.157. The van der Waals surface area contributed by atoms with Crippen molar-refractivity contribution in [1.29, 1.82) is 0 Å². The standard InChI is InChI=1S/C22H29FN4S.HI/c1-2-24-21(25-16-22(10-11-22)17-5-3-6-18(23)15-17)26-19-8-12-27(13-9-19)20-7-4-14-28-20;/h3-7,14-15,19H,2,8-13,16H2,1H3,(H2,24,25,26);1H. The van der Waals surface area contributed by atoms with Crippen LogP contribution in [0.5, 0.6) is 0 Å². The first-order chi connectivity index (χ1) is 13.7. The number of anilines is 1. The summed E-state index contributed by atoms with van der Waals surface area (Å²) >= 11 is 1.81. The summed E-state index contributed by atoms with van der Waals surface area (Å²) in [4.78, 5) is 7.35. The summed E-state index contributed by atoms with van der Waals surface area (Å²) in [5, 5.41) is 10.5. The third-order valence-electron chi connectivity index (χ3n) is 5.83. The van der Waals surface area contributed by atoms with Gasteiger partial charge in [-0.15, -0.1) is 35.3 Å². The second kappa shape index (κ2) is 10.1. The largest absolute Gasteiger partial charge is 0.363 e. The summed E-state index contributed by atoms with van der Waals surface area (Å²) in [5.74, 6) is 0.732. The average Bonchev–Trinajstić information content (AvgIpc) is 3.30. The van der Waals surface area contributed by atoms with Crippen molar-refractivity contribution in [3.63, 3.8) is 0 Å². The molecule has 158 valence electrons. The predicted octanol–water partition coefficient (Wildman–Crippen LogP) is 4.76. The minimum absolute atomic E-state index is 0. The van der Waals surface area contributed by atoms with Gasteiger partial charge in [0.2, 0.25) is 0 Å². The topological polar surface area (TPSA) is 39.7 Å². The van der Waals surface area contributed by atoms with E-state index >= 15 is 0 Å². The van der Waals surface area contributed by atoms with E-state index in [1.54, 1.807) is 12.1 Å². The first-order valence-electron chi connectivity index (χ1n) is 10.3. The lowest BCUT2D eigenvalue weighted by molar-refractivity contribution is 0.462. The fraction of sp³-hybridized carbons (Fsp3) is 0.500. The normalized spacial score (nSPS) is 18.8. The van der Waals surface area contributed by atoms with Crippen LogP contribution in [0.15, 0.2) is 46.8 Å². The van der Waals surface area contributed by atoms with Crippen LogP contribution in [-0.2, 0) is 5.41 Å². The Bertz CT molecular complexity index is 799. The molecule has 2 N–H and O–H groups in total. The van der Waals surface area contributed by atoms with Crippen molar-refractivity contribution in [2.75, 3.05) is 31.1 Å². The maximum Gasteiger partial charge on any atom is 0.191 e. The second-order valence-corrected chi connectivity index (χ2v) is 8.77. The van der Waals surface area contributed by atoms with Gasteiger partial charge in [-0.2, -0.15) is 0 Å². The van der Waals surface area contributed by atoms with Crippen LogP contribution in [-0.4, -0.2) is 38.2 Å². The van der Waals surface area contributed by atoms with Gasteiger partial charge in [-0.05, 0) is 67.8 Å². The number of rotatable bonds is 6. The van der Waals surface area contributed by atoms with Crippen molar-refractivity contribution in [3.05, 3.63) is 53.2 Å². The van der Waals surface area contributed by atoms with Gasteiger partial charge >= 0.3 is 0 Å². The Labute approximate surface area is 194 Å². The maximum absolute atomic E-state index is 13.6. The second-order valence-electron chi connectivity index (χ2n) is 7.84. The van der Waals surface area contributed by atoms with Gasteiger partial charge in [-0.25, -0.2) is 4.39 Å². The van der Waals surface area contributed by atoms with E-state index in [0.29, 0.717) is 12.6 Å². The van der Waals surface area contributed by atoms with Crippen molar-refractivity contribution in [3.8, 4) is 0 Å². The molecule has 0 bridgehead atoms. The molecule has 4 rings (SSSR count). The van der Waals surface area contributed by atoms with Crippen molar-refractivity contribution >= 4 is 46.3 Å². The minimum Gasteiger partial charge on any atom is -0.363 e. The molecule has 0 atom stereocenters. The van der Waals surface area contributed by atoms with Gasteiger partial charge in [0.1, 0.15) is 5.82 Å². The van der Waals surface area contributed by atoms with E-state index < -0.39 is 0 Å². The molecule has 2 heterocycles. The van der Waals surface area contributed by atoms with Crippen LogP contribution in [0.4, 0.5) is 9.39 Å². The van der Waals surface area contributed by atoms with E-state index in [0.717, 1.165) is 56.8 Å². The first kappa shape index (κ1) is 22.3. The molecule has 29 heavy (non-hydrogen) atoms. The Morgan fingerprint density at radius 3 is 2.66 bits per heavy atom. The Morgan fingerprint density at radius 2 is 2.03 bits per heavy atom. The fourth-order valence-corrected chi connectivity index (χ4v) is 4.73. The van der Waals surface area contributed by atoms with Gasteiger partial charge in [0, 0.05) is 31.1 Å². The number of halogens is 2. The molecule has 1 saturated heterocycles. The van der Waals surface area contributed by atoms with Crippen molar-refractivity contribution in [2.45, 2.75) is 44.1 Å². The zero-order valence-electron chi connectivity index (χ0n) is 16.9. The molecule has 1 aliphatic carbocycles. The van der Waals surface area contributed by atoms with Gasteiger partial charge in [-0.1, -0.05) is 12.1 Å². The number of nitrogens with one attached hydrogen (secondary N) is 2. The number of hydrogen-bond donors (Lipinski definition) is 2. The van der Waals surface area contributed by atoms with Crippen LogP contribution in [0.3, 0.4) is 0 Å². The monoisotopic (exact) mass is 528 g/mol. The molecule has 1 aromatic carbocycles. The van der Waals surface area contributed by atoms with E-state index in [-0.39, 0.29) is 35.2 Å². The van der Waals surface area contributed by atoms with Gasteiger partial charge in [0.05, 0.1) is 11.5 Å². The molecule has 0 radical (unpaired) electrons. The van der Waals surface area contributed by atoms with E-state index in [9.17, 15) is 4.39 Å². The van der Waals surface area contributed by atoms with Crippen LogP contribution in [0, 0.1) is 5.82 Å². The summed E-state index contributed by atoms with van der Waals surface area (Å²) < 4.78 is 13.6. The Hall–Kier alpha value is -1.35. The number of guanidine groups is 1. The zero-order valence-corrected chi connectivity index (χ0v) is 20.0. The molecule has 1 saturated carbocycles. The highest BCUT2D eigenvalue weighted by Gasteiger charge is 2.44. The lowest BCUT2D eigenvalue weighted by atomic mass is 9.96. The Morgan fingerprint density at radius 1 is 1.24 bits per heavy atom. The zero-order chi connectivity index (χ0) is 19.4. The number of benzene rings is 1. The summed E-state index contributed by atoms with van der Waals surface area (Å²) in [6.07, 6.45) is 4.38. The van der Waals surface area contributed by atoms with Crippen molar-refractivity contribution < 1.29 is 4.39 Å². The summed E-state index contributed by atoms with van der Waals surface area (Å²) in [5.41, 5.74) is 1.10.